The van der Waals surface area contributed by atoms with Crippen molar-refractivity contribution in [2.45, 2.75) is 51.3 Å². The molecular weight excluding hydrogens is 190 g/mol. The molecule has 0 saturated heterocycles. The van der Waals surface area contributed by atoms with Gasteiger partial charge < -0.3 is 10.8 Å². The van der Waals surface area contributed by atoms with E-state index in [1.165, 1.54) is 6.42 Å². The summed E-state index contributed by atoms with van der Waals surface area (Å²) in [5.74, 6) is 0. The van der Waals surface area contributed by atoms with Gasteiger partial charge in [0.25, 0.3) is 0 Å². The van der Waals surface area contributed by atoms with E-state index in [1.54, 1.807) is 0 Å². The van der Waals surface area contributed by atoms with E-state index >= 15 is 0 Å². The Morgan fingerprint density at radius 3 is 2.87 bits per heavy atom. The van der Waals surface area contributed by atoms with Crippen LogP contribution in [0.4, 0.5) is 0 Å². The lowest BCUT2D eigenvalue weighted by Gasteiger charge is -2.28. The van der Waals surface area contributed by atoms with E-state index in [0.29, 0.717) is 6.54 Å². The number of hydrogen-bond donors (Lipinski definition) is 2. The van der Waals surface area contributed by atoms with Gasteiger partial charge in [-0.05, 0) is 19.8 Å². The van der Waals surface area contributed by atoms with Gasteiger partial charge in [-0.25, -0.2) is 0 Å². The third-order valence-corrected chi connectivity index (χ3v) is 3.37. The average molecular weight is 209 g/mol. The van der Waals surface area contributed by atoms with Gasteiger partial charge in [-0.3, -0.25) is 4.68 Å². The van der Waals surface area contributed by atoms with Crippen molar-refractivity contribution in [3.63, 3.8) is 0 Å². The molecule has 0 radical (unpaired) electrons. The maximum Gasteiger partial charge on any atom is 0.0781 e. The van der Waals surface area contributed by atoms with E-state index in [1.807, 2.05) is 17.8 Å². The molecule has 0 amide bonds. The molecule has 0 spiro atoms. The van der Waals surface area contributed by atoms with Gasteiger partial charge in [0.15, 0.2) is 0 Å². The fraction of sp³-hybridized carbons (Fsp3) is 0.727. The zero-order valence-electron chi connectivity index (χ0n) is 9.19. The highest BCUT2D eigenvalue weighted by Crippen LogP contribution is 2.29. The van der Waals surface area contributed by atoms with Crippen LogP contribution in [0.5, 0.6) is 0 Å². The second-order valence-corrected chi connectivity index (χ2v) is 4.32. The topological polar surface area (TPSA) is 64.1 Å². The molecule has 1 fully saturated rings. The Labute approximate surface area is 90.1 Å². The van der Waals surface area contributed by atoms with Gasteiger partial charge >= 0.3 is 0 Å². The molecule has 15 heavy (non-hydrogen) atoms. The second kappa shape index (κ2) is 4.33. The summed E-state index contributed by atoms with van der Waals surface area (Å²) in [6, 6.07) is 0.152. The Morgan fingerprint density at radius 2 is 2.27 bits per heavy atom. The minimum absolute atomic E-state index is 0.152. The highest BCUT2D eigenvalue weighted by molar-refractivity contribution is 5.16. The van der Waals surface area contributed by atoms with Crippen LogP contribution in [0.3, 0.4) is 0 Å². The van der Waals surface area contributed by atoms with Crippen molar-refractivity contribution in [3.05, 3.63) is 17.5 Å². The first-order chi connectivity index (χ1) is 7.24. The molecule has 1 heterocycles. The lowest BCUT2D eigenvalue weighted by atomic mass is 9.92. The first-order valence-electron chi connectivity index (χ1n) is 5.65. The Morgan fingerprint density at radius 1 is 1.53 bits per heavy atom. The summed E-state index contributed by atoms with van der Waals surface area (Å²) in [6.45, 7) is 2.55. The second-order valence-electron chi connectivity index (χ2n) is 4.32. The molecule has 3 N–H and O–H groups in total. The van der Waals surface area contributed by atoms with Crippen LogP contribution in [0.25, 0.3) is 0 Å². The summed E-state index contributed by atoms with van der Waals surface area (Å²) in [5.41, 5.74) is 7.79. The van der Waals surface area contributed by atoms with Crippen molar-refractivity contribution in [1.82, 2.24) is 9.78 Å². The molecule has 1 aromatic rings. The van der Waals surface area contributed by atoms with Gasteiger partial charge in [0, 0.05) is 17.8 Å². The molecule has 0 aliphatic heterocycles. The molecule has 1 aliphatic rings. The highest BCUT2D eigenvalue weighted by Gasteiger charge is 2.26. The lowest BCUT2D eigenvalue weighted by Crippen LogP contribution is -2.29. The van der Waals surface area contributed by atoms with E-state index in [9.17, 15) is 5.11 Å². The summed E-state index contributed by atoms with van der Waals surface area (Å²) in [7, 11) is 0. The predicted octanol–water partition coefficient (Wildman–Crippen LogP) is 1.13. The van der Waals surface area contributed by atoms with Gasteiger partial charge in [-0.2, -0.15) is 5.10 Å². The lowest BCUT2D eigenvalue weighted by molar-refractivity contribution is 0.0683. The maximum absolute atomic E-state index is 9.94. The van der Waals surface area contributed by atoms with Crippen LogP contribution in [-0.2, 0) is 6.54 Å². The zero-order chi connectivity index (χ0) is 10.8. The van der Waals surface area contributed by atoms with Crippen molar-refractivity contribution in [1.29, 1.82) is 0 Å². The Bertz CT molecular complexity index is 335. The number of hydrogen-bond acceptors (Lipinski definition) is 3. The first kappa shape index (κ1) is 10.6. The van der Waals surface area contributed by atoms with Crippen LogP contribution in [0.1, 0.15) is 43.0 Å². The molecule has 1 aromatic heterocycles. The van der Waals surface area contributed by atoms with Crippen LogP contribution in [0.15, 0.2) is 6.20 Å². The van der Waals surface area contributed by atoms with E-state index in [2.05, 4.69) is 5.10 Å². The molecule has 4 nitrogen and oxygen atoms in total. The number of rotatable bonds is 2. The van der Waals surface area contributed by atoms with Crippen LogP contribution in [0, 0.1) is 6.92 Å². The number of aromatic nitrogens is 2. The molecule has 2 unspecified atom stereocenters. The van der Waals surface area contributed by atoms with Crippen molar-refractivity contribution in [2.75, 3.05) is 0 Å². The molecule has 0 aromatic carbocycles. The number of aliphatic hydroxyl groups is 1. The van der Waals surface area contributed by atoms with Crippen molar-refractivity contribution < 1.29 is 5.11 Å². The minimum atomic E-state index is -0.247. The van der Waals surface area contributed by atoms with E-state index < -0.39 is 0 Å². The minimum Gasteiger partial charge on any atom is -0.391 e. The third kappa shape index (κ3) is 1.92. The largest absolute Gasteiger partial charge is 0.391 e. The zero-order valence-corrected chi connectivity index (χ0v) is 9.19. The fourth-order valence-corrected chi connectivity index (χ4v) is 2.37. The fourth-order valence-electron chi connectivity index (χ4n) is 2.37. The first-order valence-corrected chi connectivity index (χ1v) is 5.65. The molecule has 0 bridgehead atoms. The Hall–Kier alpha value is -0.870. The monoisotopic (exact) mass is 209 g/mol. The molecule has 2 atom stereocenters. The number of nitrogens with zero attached hydrogens (tertiary/aromatic N) is 2. The molecule has 1 aliphatic carbocycles. The Kier molecular flexibility index (Phi) is 3.07. The summed E-state index contributed by atoms with van der Waals surface area (Å²) in [4.78, 5) is 0. The van der Waals surface area contributed by atoms with E-state index in [-0.39, 0.29) is 12.1 Å². The van der Waals surface area contributed by atoms with Crippen LogP contribution in [0.2, 0.25) is 0 Å². The summed E-state index contributed by atoms with van der Waals surface area (Å²) >= 11 is 0. The molecule has 2 rings (SSSR count). The molecule has 4 heteroatoms. The predicted molar refractivity (Wildman–Crippen MR) is 58.4 cm³/mol. The quantitative estimate of drug-likeness (QED) is 0.767. The summed E-state index contributed by atoms with van der Waals surface area (Å²) in [6.07, 6.45) is 5.79. The van der Waals surface area contributed by atoms with E-state index in [4.69, 9.17) is 5.73 Å². The summed E-state index contributed by atoms with van der Waals surface area (Å²) in [5, 5.41) is 14.3. The van der Waals surface area contributed by atoms with Gasteiger partial charge in [-0.15, -0.1) is 0 Å². The Balaban J connectivity index is 2.23. The smallest absolute Gasteiger partial charge is 0.0781 e. The van der Waals surface area contributed by atoms with Crippen LogP contribution >= 0.6 is 0 Å². The van der Waals surface area contributed by atoms with Crippen LogP contribution < -0.4 is 5.73 Å². The number of nitrogens with two attached hydrogens (primary N) is 1. The van der Waals surface area contributed by atoms with Gasteiger partial charge in [0.1, 0.15) is 0 Å². The van der Waals surface area contributed by atoms with Crippen molar-refractivity contribution in [3.8, 4) is 0 Å². The maximum atomic E-state index is 9.94. The third-order valence-electron chi connectivity index (χ3n) is 3.37. The number of aliphatic hydroxyl groups excluding tert-OH is 1. The van der Waals surface area contributed by atoms with Gasteiger partial charge in [-0.1, -0.05) is 12.8 Å². The standard InChI is InChI=1S/C11H19N3O/c1-8-9(6-12)7-13-14(8)10-4-2-3-5-11(10)15/h7,10-11,15H,2-6,12H2,1H3. The summed E-state index contributed by atoms with van der Waals surface area (Å²) < 4.78 is 1.95. The molecule has 1 saturated carbocycles. The van der Waals surface area contributed by atoms with Crippen molar-refractivity contribution >= 4 is 0 Å². The van der Waals surface area contributed by atoms with Gasteiger partial charge in [0.05, 0.1) is 18.3 Å². The SMILES string of the molecule is Cc1c(CN)cnn1C1CCCCC1O. The van der Waals surface area contributed by atoms with Crippen molar-refractivity contribution in [2.24, 2.45) is 5.73 Å². The highest BCUT2D eigenvalue weighted by atomic mass is 16.3. The average Bonchev–Trinajstić information content (AvgIpc) is 2.60. The molecular formula is C11H19N3O. The molecule has 84 valence electrons. The van der Waals surface area contributed by atoms with E-state index in [0.717, 1.165) is 30.5 Å². The normalized spacial score (nSPS) is 26.9. The van der Waals surface area contributed by atoms with Gasteiger partial charge in [0.2, 0.25) is 0 Å². The van der Waals surface area contributed by atoms with Crippen LogP contribution in [-0.4, -0.2) is 21.0 Å².